The molecule has 0 radical (unpaired) electrons. The fourth-order valence-electron chi connectivity index (χ4n) is 4.34. The third-order valence-electron chi connectivity index (χ3n) is 6.12. The van der Waals surface area contributed by atoms with Gasteiger partial charge in [0.2, 0.25) is 5.91 Å². The molecule has 7 nitrogen and oxygen atoms in total. The predicted molar refractivity (Wildman–Crippen MR) is 119 cm³/mol. The van der Waals surface area contributed by atoms with E-state index < -0.39 is 0 Å². The van der Waals surface area contributed by atoms with Gasteiger partial charge in [-0.3, -0.25) is 9.59 Å². The zero-order valence-corrected chi connectivity index (χ0v) is 18.1. The number of carbonyl (C=O) groups is 2. The highest BCUT2D eigenvalue weighted by Gasteiger charge is 2.27. The summed E-state index contributed by atoms with van der Waals surface area (Å²) in [5.41, 5.74) is 3.78. The molecule has 1 aromatic heterocycles. The van der Waals surface area contributed by atoms with Gasteiger partial charge in [-0.15, -0.1) is 0 Å². The number of aromatic nitrogens is 1. The molecule has 2 fully saturated rings. The molecule has 0 saturated carbocycles. The molecule has 4 rings (SSSR count). The van der Waals surface area contributed by atoms with E-state index >= 15 is 0 Å². The number of amides is 2. The molecule has 2 aromatic rings. The Morgan fingerprint density at radius 3 is 2.55 bits per heavy atom. The van der Waals surface area contributed by atoms with Gasteiger partial charge in [0.25, 0.3) is 5.91 Å². The van der Waals surface area contributed by atoms with Crippen molar-refractivity contribution in [2.24, 2.45) is 0 Å². The normalized spacial score (nSPS) is 16.5. The van der Waals surface area contributed by atoms with Crippen molar-refractivity contribution >= 4 is 23.3 Å². The van der Waals surface area contributed by atoms with E-state index in [0.29, 0.717) is 56.0 Å². The maximum absolute atomic E-state index is 13.1. The van der Waals surface area contributed by atoms with Crippen molar-refractivity contribution in [3.8, 4) is 6.07 Å². The zero-order valence-electron chi connectivity index (χ0n) is 18.1. The van der Waals surface area contributed by atoms with Crippen molar-refractivity contribution in [1.29, 1.82) is 5.26 Å². The lowest BCUT2D eigenvalue weighted by Gasteiger charge is -2.36. The first-order valence-electron chi connectivity index (χ1n) is 10.9. The topological polar surface area (TPSA) is 80.5 Å². The molecular formula is C24H27N5O2. The summed E-state index contributed by atoms with van der Waals surface area (Å²) in [4.78, 5) is 35.5. The van der Waals surface area contributed by atoms with Crippen LogP contribution in [0.5, 0.6) is 0 Å². The third-order valence-corrected chi connectivity index (χ3v) is 6.12. The molecule has 31 heavy (non-hydrogen) atoms. The van der Waals surface area contributed by atoms with Gasteiger partial charge < -0.3 is 14.7 Å². The second-order valence-electron chi connectivity index (χ2n) is 8.11. The van der Waals surface area contributed by atoms with Gasteiger partial charge in [-0.1, -0.05) is 13.0 Å². The molecule has 0 atom stereocenters. The average molecular weight is 418 g/mol. The third kappa shape index (κ3) is 4.11. The maximum atomic E-state index is 13.1. The van der Waals surface area contributed by atoms with Crippen LogP contribution in [0.4, 0.5) is 11.5 Å². The van der Waals surface area contributed by atoms with E-state index in [1.165, 1.54) is 5.56 Å². The Morgan fingerprint density at radius 2 is 1.94 bits per heavy atom. The summed E-state index contributed by atoms with van der Waals surface area (Å²) in [6, 6.07) is 9.43. The second-order valence-corrected chi connectivity index (χ2v) is 8.11. The number of nitriles is 1. The highest BCUT2D eigenvalue weighted by Crippen LogP contribution is 2.26. The van der Waals surface area contributed by atoms with Crippen molar-refractivity contribution < 1.29 is 9.59 Å². The van der Waals surface area contributed by atoms with Crippen molar-refractivity contribution in [2.75, 3.05) is 42.5 Å². The van der Waals surface area contributed by atoms with Crippen molar-refractivity contribution in [3.05, 3.63) is 52.7 Å². The summed E-state index contributed by atoms with van der Waals surface area (Å²) in [6.45, 7) is 7.40. The van der Waals surface area contributed by atoms with E-state index in [9.17, 15) is 14.9 Å². The van der Waals surface area contributed by atoms with Crippen molar-refractivity contribution in [3.63, 3.8) is 0 Å². The van der Waals surface area contributed by atoms with E-state index in [0.717, 1.165) is 24.2 Å². The molecule has 0 unspecified atom stereocenters. The zero-order chi connectivity index (χ0) is 22.0. The van der Waals surface area contributed by atoms with Crippen LogP contribution < -0.4 is 9.80 Å². The summed E-state index contributed by atoms with van der Waals surface area (Å²) in [5.74, 6) is 0.901. The molecule has 3 heterocycles. The quantitative estimate of drug-likeness (QED) is 0.764. The highest BCUT2D eigenvalue weighted by atomic mass is 16.2. The van der Waals surface area contributed by atoms with Crippen LogP contribution in [0, 0.1) is 18.3 Å². The average Bonchev–Trinajstić information content (AvgIpc) is 3.24. The molecule has 1 aromatic carbocycles. The molecule has 0 aliphatic carbocycles. The van der Waals surface area contributed by atoms with Gasteiger partial charge in [-0.2, -0.15) is 5.26 Å². The second kappa shape index (κ2) is 8.76. The fourth-order valence-corrected chi connectivity index (χ4v) is 4.34. The Kier molecular flexibility index (Phi) is 5.90. The Labute approximate surface area is 182 Å². The number of piperazine rings is 1. The molecule has 160 valence electrons. The van der Waals surface area contributed by atoms with Crippen LogP contribution in [0.25, 0.3) is 0 Å². The van der Waals surface area contributed by atoms with Crippen molar-refractivity contribution in [1.82, 2.24) is 9.88 Å². The number of anilines is 2. The van der Waals surface area contributed by atoms with Gasteiger partial charge in [0.1, 0.15) is 11.9 Å². The number of rotatable bonds is 4. The molecule has 0 bridgehead atoms. The Balaban J connectivity index is 1.46. The minimum Gasteiger partial charge on any atom is -0.353 e. The van der Waals surface area contributed by atoms with Gasteiger partial charge in [-0.25, -0.2) is 4.98 Å². The number of aryl methyl sites for hydroxylation is 2. The highest BCUT2D eigenvalue weighted by molar-refractivity contribution is 5.99. The van der Waals surface area contributed by atoms with Crippen molar-refractivity contribution in [2.45, 2.75) is 33.1 Å². The summed E-state index contributed by atoms with van der Waals surface area (Å²) < 4.78 is 0. The Bertz CT molecular complexity index is 1050. The van der Waals surface area contributed by atoms with Gasteiger partial charge >= 0.3 is 0 Å². The molecular weight excluding hydrogens is 390 g/mol. The standard InChI is InChI=1S/C24H27N5O2/c1-3-18-13-17(2)23(26-16-18)27-9-11-28(12-10-27)24(31)21-7-6-20(14-19(21)15-25)29-8-4-5-22(29)30/h6-7,13-14,16H,3-5,8-12H2,1-2H3. The van der Waals surface area contributed by atoms with Gasteiger partial charge in [0.05, 0.1) is 11.1 Å². The summed E-state index contributed by atoms with van der Waals surface area (Å²) in [6.07, 6.45) is 4.23. The SMILES string of the molecule is CCc1cnc(N2CCN(C(=O)c3ccc(N4CCCC4=O)cc3C#N)CC2)c(C)c1. The minimum absolute atomic E-state index is 0.0648. The van der Waals surface area contributed by atoms with Crippen LogP contribution in [-0.4, -0.2) is 54.4 Å². The summed E-state index contributed by atoms with van der Waals surface area (Å²) >= 11 is 0. The molecule has 7 heteroatoms. The van der Waals surface area contributed by atoms with E-state index in [-0.39, 0.29) is 11.8 Å². The first-order chi connectivity index (χ1) is 15.0. The molecule has 2 aliphatic rings. The van der Waals surface area contributed by atoms with E-state index in [1.807, 2.05) is 6.20 Å². The summed E-state index contributed by atoms with van der Waals surface area (Å²) in [7, 11) is 0. The number of benzene rings is 1. The molecule has 2 amide bonds. The minimum atomic E-state index is -0.137. The van der Waals surface area contributed by atoms with Crippen LogP contribution in [0.1, 0.15) is 46.8 Å². The molecule has 0 N–H and O–H groups in total. The van der Waals surface area contributed by atoms with E-state index in [1.54, 1.807) is 28.0 Å². The number of hydrogen-bond acceptors (Lipinski definition) is 5. The fraction of sp³-hybridized carbons (Fsp3) is 0.417. The lowest BCUT2D eigenvalue weighted by Crippen LogP contribution is -2.49. The molecule has 0 spiro atoms. The maximum Gasteiger partial charge on any atom is 0.255 e. The van der Waals surface area contributed by atoms with Crippen LogP contribution in [0.3, 0.4) is 0 Å². The first-order valence-corrected chi connectivity index (χ1v) is 10.9. The lowest BCUT2D eigenvalue weighted by molar-refractivity contribution is -0.117. The van der Waals surface area contributed by atoms with E-state index in [2.05, 4.69) is 35.9 Å². The van der Waals surface area contributed by atoms with Crippen LogP contribution in [0.2, 0.25) is 0 Å². The van der Waals surface area contributed by atoms with Gasteiger partial charge in [0, 0.05) is 51.0 Å². The smallest absolute Gasteiger partial charge is 0.255 e. The predicted octanol–water partition coefficient (Wildman–Crippen LogP) is 2.91. The molecule has 2 aliphatic heterocycles. The van der Waals surface area contributed by atoms with Crippen LogP contribution in [0.15, 0.2) is 30.5 Å². The lowest BCUT2D eigenvalue weighted by atomic mass is 10.0. The molecule has 2 saturated heterocycles. The van der Waals surface area contributed by atoms with Gasteiger partial charge in [0.15, 0.2) is 0 Å². The van der Waals surface area contributed by atoms with Crippen LogP contribution in [-0.2, 0) is 11.2 Å². The van der Waals surface area contributed by atoms with Crippen LogP contribution >= 0.6 is 0 Å². The number of hydrogen-bond donors (Lipinski definition) is 0. The largest absolute Gasteiger partial charge is 0.353 e. The number of pyridine rings is 1. The Hall–Kier alpha value is -3.40. The number of nitrogens with zero attached hydrogens (tertiary/aromatic N) is 5. The van der Waals surface area contributed by atoms with E-state index in [4.69, 9.17) is 0 Å². The van der Waals surface area contributed by atoms with Gasteiger partial charge in [-0.05, 0) is 49.1 Å². The number of carbonyl (C=O) groups excluding carboxylic acids is 2. The first kappa shape index (κ1) is 20.9. The summed E-state index contributed by atoms with van der Waals surface area (Å²) in [5, 5.41) is 9.62. The Morgan fingerprint density at radius 1 is 1.16 bits per heavy atom. The monoisotopic (exact) mass is 417 g/mol.